The van der Waals surface area contributed by atoms with Gasteiger partial charge < -0.3 is 10.2 Å². The molecular weight excluding hydrogens is 266 g/mol. The van der Waals surface area contributed by atoms with E-state index in [0.717, 1.165) is 5.69 Å². The Morgan fingerprint density at radius 3 is 2.79 bits per heavy atom. The third-order valence-corrected chi connectivity index (χ3v) is 3.23. The standard InChI is InChI=1S/C13H12ClN3O2/c14-10-1-3-11(4-2-10)17-8-9(7-12(17)18)13(19)16-6-5-15/h1-4,9H,6-8H2,(H,16,19)/t9-/m0/s1. The van der Waals surface area contributed by atoms with Crippen LogP contribution in [0.3, 0.4) is 0 Å². The molecule has 98 valence electrons. The Bertz CT molecular complexity index is 536. The highest BCUT2D eigenvalue weighted by Gasteiger charge is 2.34. The molecule has 0 radical (unpaired) electrons. The topological polar surface area (TPSA) is 73.2 Å². The molecule has 19 heavy (non-hydrogen) atoms. The Morgan fingerprint density at radius 1 is 1.47 bits per heavy atom. The first kappa shape index (κ1) is 13.4. The number of hydrogen-bond acceptors (Lipinski definition) is 3. The zero-order valence-corrected chi connectivity index (χ0v) is 10.9. The van der Waals surface area contributed by atoms with E-state index in [1.165, 1.54) is 0 Å². The van der Waals surface area contributed by atoms with E-state index in [-0.39, 0.29) is 24.8 Å². The lowest BCUT2D eigenvalue weighted by molar-refractivity contribution is -0.126. The number of benzene rings is 1. The molecule has 1 atom stereocenters. The number of nitriles is 1. The summed E-state index contributed by atoms with van der Waals surface area (Å²) in [7, 11) is 0. The molecule has 0 aromatic heterocycles. The van der Waals surface area contributed by atoms with Gasteiger partial charge in [-0.15, -0.1) is 0 Å². The molecule has 0 bridgehead atoms. The highest BCUT2D eigenvalue weighted by atomic mass is 35.5. The number of nitrogens with one attached hydrogen (secondary N) is 1. The van der Waals surface area contributed by atoms with Crippen molar-refractivity contribution >= 4 is 29.1 Å². The first-order valence-corrected chi connectivity index (χ1v) is 6.20. The van der Waals surface area contributed by atoms with Gasteiger partial charge in [-0.05, 0) is 24.3 Å². The maximum Gasteiger partial charge on any atom is 0.227 e. The summed E-state index contributed by atoms with van der Waals surface area (Å²) < 4.78 is 0. The molecule has 0 spiro atoms. The SMILES string of the molecule is N#CCNC(=O)[C@H]1CC(=O)N(c2ccc(Cl)cc2)C1. The molecule has 5 nitrogen and oxygen atoms in total. The maximum absolute atomic E-state index is 11.9. The van der Waals surface area contributed by atoms with Crippen LogP contribution < -0.4 is 10.2 Å². The van der Waals surface area contributed by atoms with E-state index in [1.54, 1.807) is 29.2 Å². The Morgan fingerprint density at radius 2 is 2.16 bits per heavy atom. The average molecular weight is 278 g/mol. The highest BCUT2D eigenvalue weighted by Crippen LogP contribution is 2.26. The number of anilines is 1. The van der Waals surface area contributed by atoms with E-state index < -0.39 is 5.92 Å². The molecule has 1 fully saturated rings. The van der Waals surface area contributed by atoms with Gasteiger partial charge in [0.25, 0.3) is 0 Å². The van der Waals surface area contributed by atoms with Gasteiger partial charge in [-0.1, -0.05) is 11.6 Å². The summed E-state index contributed by atoms with van der Waals surface area (Å²) in [6, 6.07) is 8.73. The number of hydrogen-bond donors (Lipinski definition) is 1. The minimum Gasteiger partial charge on any atom is -0.343 e. The zero-order chi connectivity index (χ0) is 13.8. The van der Waals surface area contributed by atoms with Crippen molar-refractivity contribution in [2.75, 3.05) is 18.0 Å². The number of nitrogens with zero attached hydrogens (tertiary/aromatic N) is 2. The number of amides is 2. The summed E-state index contributed by atoms with van der Waals surface area (Å²) in [5.74, 6) is -0.762. The van der Waals surface area contributed by atoms with E-state index in [4.69, 9.17) is 16.9 Å². The van der Waals surface area contributed by atoms with Crippen LogP contribution in [0.1, 0.15) is 6.42 Å². The smallest absolute Gasteiger partial charge is 0.227 e. The molecule has 1 aliphatic rings. The summed E-state index contributed by atoms with van der Waals surface area (Å²) in [6.45, 7) is 0.294. The van der Waals surface area contributed by atoms with Gasteiger partial charge in [0, 0.05) is 23.7 Å². The van der Waals surface area contributed by atoms with Crippen molar-refractivity contribution in [1.82, 2.24) is 5.32 Å². The Balaban J connectivity index is 2.05. The van der Waals surface area contributed by atoms with Crippen LogP contribution in [0, 0.1) is 17.2 Å². The van der Waals surface area contributed by atoms with Crippen LogP contribution in [0.4, 0.5) is 5.69 Å². The van der Waals surface area contributed by atoms with Crippen molar-refractivity contribution in [1.29, 1.82) is 5.26 Å². The van der Waals surface area contributed by atoms with Crippen molar-refractivity contribution in [2.24, 2.45) is 5.92 Å². The molecular formula is C13H12ClN3O2. The number of carbonyl (C=O) groups is 2. The largest absolute Gasteiger partial charge is 0.343 e. The molecule has 6 heteroatoms. The van der Waals surface area contributed by atoms with Gasteiger partial charge in [0.2, 0.25) is 11.8 Å². The van der Waals surface area contributed by atoms with Crippen molar-refractivity contribution < 1.29 is 9.59 Å². The quantitative estimate of drug-likeness (QED) is 0.847. The summed E-state index contributed by atoms with van der Waals surface area (Å²) >= 11 is 5.79. The Labute approximate surface area is 115 Å². The van der Waals surface area contributed by atoms with Crippen LogP contribution in [0.15, 0.2) is 24.3 Å². The van der Waals surface area contributed by atoms with Crippen LogP contribution >= 0.6 is 11.6 Å². The van der Waals surface area contributed by atoms with Crippen LogP contribution in [-0.4, -0.2) is 24.9 Å². The van der Waals surface area contributed by atoms with Gasteiger partial charge in [0.1, 0.15) is 6.54 Å². The second-order valence-corrected chi connectivity index (χ2v) is 4.69. The van der Waals surface area contributed by atoms with Crippen molar-refractivity contribution in [3.8, 4) is 6.07 Å². The fourth-order valence-electron chi connectivity index (χ4n) is 2.02. The van der Waals surface area contributed by atoms with Crippen molar-refractivity contribution in [2.45, 2.75) is 6.42 Å². The summed E-state index contributed by atoms with van der Waals surface area (Å²) in [6.07, 6.45) is 0.167. The fraction of sp³-hybridized carbons (Fsp3) is 0.308. The van der Waals surface area contributed by atoms with Gasteiger partial charge in [0.15, 0.2) is 0 Å². The Kier molecular flexibility index (Phi) is 4.03. The molecule has 1 N–H and O–H groups in total. The van der Waals surface area contributed by atoms with E-state index in [1.807, 2.05) is 6.07 Å². The van der Waals surface area contributed by atoms with Crippen molar-refractivity contribution in [3.63, 3.8) is 0 Å². The molecule has 1 aromatic carbocycles. The van der Waals surface area contributed by atoms with Crippen molar-refractivity contribution in [3.05, 3.63) is 29.3 Å². The predicted molar refractivity (Wildman–Crippen MR) is 70.5 cm³/mol. The molecule has 0 aliphatic carbocycles. The summed E-state index contributed by atoms with van der Waals surface area (Å²) in [5, 5.41) is 11.5. The molecule has 0 unspecified atom stereocenters. The molecule has 1 aliphatic heterocycles. The third kappa shape index (κ3) is 3.04. The lowest BCUT2D eigenvalue weighted by Crippen LogP contribution is -2.33. The lowest BCUT2D eigenvalue weighted by Gasteiger charge is -2.16. The number of halogens is 1. The minimum absolute atomic E-state index is 0.0372. The molecule has 2 rings (SSSR count). The number of rotatable bonds is 3. The first-order valence-electron chi connectivity index (χ1n) is 5.82. The third-order valence-electron chi connectivity index (χ3n) is 2.98. The normalized spacial score (nSPS) is 18.2. The van der Waals surface area contributed by atoms with Gasteiger partial charge in [0.05, 0.1) is 12.0 Å². The molecule has 1 heterocycles. The van der Waals surface area contributed by atoms with E-state index in [0.29, 0.717) is 11.6 Å². The van der Waals surface area contributed by atoms with Gasteiger partial charge in [-0.2, -0.15) is 5.26 Å². The summed E-state index contributed by atoms with van der Waals surface area (Å²) in [5.41, 5.74) is 0.727. The maximum atomic E-state index is 11.9. The molecule has 1 saturated heterocycles. The minimum atomic E-state index is -0.406. The van der Waals surface area contributed by atoms with Crippen LogP contribution in [-0.2, 0) is 9.59 Å². The fourth-order valence-corrected chi connectivity index (χ4v) is 2.15. The molecule has 1 aromatic rings. The first-order chi connectivity index (χ1) is 9.11. The average Bonchev–Trinajstić information content (AvgIpc) is 2.79. The molecule has 0 saturated carbocycles. The van der Waals surface area contributed by atoms with E-state index in [9.17, 15) is 9.59 Å². The second-order valence-electron chi connectivity index (χ2n) is 4.26. The number of carbonyl (C=O) groups excluding carboxylic acids is 2. The van der Waals surface area contributed by atoms with Crippen LogP contribution in [0.5, 0.6) is 0 Å². The Hall–Kier alpha value is -2.06. The zero-order valence-electron chi connectivity index (χ0n) is 10.1. The predicted octanol–water partition coefficient (Wildman–Crippen LogP) is 1.33. The lowest BCUT2D eigenvalue weighted by atomic mass is 10.1. The summed E-state index contributed by atoms with van der Waals surface area (Å²) in [4.78, 5) is 25.2. The van der Waals surface area contributed by atoms with Crippen LogP contribution in [0.25, 0.3) is 0 Å². The van der Waals surface area contributed by atoms with Crippen LogP contribution in [0.2, 0.25) is 5.02 Å². The van der Waals surface area contributed by atoms with E-state index in [2.05, 4.69) is 5.32 Å². The van der Waals surface area contributed by atoms with Gasteiger partial charge in [-0.3, -0.25) is 9.59 Å². The second kappa shape index (κ2) is 5.72. The van der Waals surface area contributed by atoms with Gasteiger partial charge >= 0.3 is 0 Å². The monoisotopic (exact) mass is 277 g/mol. The highest BCUT2D eigenvalue weighted by molar-refractivity contribution is 6.30. The van der Waals surface area contributed by atoms with E-state index >= 15 is 0 Å². The molecule has 2 amide bonds. The van der Waals surface area contributed by atoms with Gasteiger partial charge in [-0.25, -0.2) is 0 Å².